The number of aromatic amines is 1. The van der Waals surface area contributed by atoms with Gasteiger partial charge >= 0.3 is 0 Å². The van der Waals surface area contributed by atoms with Gasteiger partial charge in [0, 0.05) is 28.8 Å². The first-order chi connectivity index (χ1) is 9.66. The van der Waals surface area contributed by atoms with Crippen LogP contribution in [0.15, 0.2) is 41.6 Å². The largest absolute Gasteiger partial charge is 0.349 e. The van der Waals surface area contributed by atoms with E-state index in [1.165, 1.54) is 17.8 Å². The van der Waals surface area contributed by atoms with E-state index in [2.05, 4.69) is 15.5 Å². The van der Waals surface area contributed by atoms with Crippen LogP contribution < -0.4 is 5.32 Å². The highest BCUT2D eigenvalue weighted by atomic mass is 32.2. The summed E-state index contributed by atoms with van der Waals surface area (Å²) in [5.41, 5.74) is 0.931. The summed E-state index contributed by atoms with van der Waals surface area (Å²) in [5, 5.41) is 9.42. The average molecular weight is 293 g/mol. The Hall–Kier alpha value is -1.82. The molecule has 0 aliphatic carbocycles. The van der Waals surface area contributed by atoms with Crippen LogP contribution in [-0.4, -0.2) is 21.9 Å². The minimum Gasteiger partial charge on any atom is -0.349 e. The highest BCUT2D eigenvalue weighted by Gasteiger charge is 2.10. The quantitative estimate of drug-likeness (QED) is 0.805. The van der Waals surface area contributed by atoms with Crippen LogP contribution >= 0.6 is 11.8 Å². The Bertz CT molecular complexity index is 559. The minimum absolute atomic E-state index is 0.0532. The number of hydrogen-bond donors (Lipinski definition) is 2. The molecule has 0 bridgehead atoms. The van der Waals surface area contributed by atoms with E-state index in [1.54, 1.807) is 30.6 Å². The SMILES string of the molecule is CC(NC(=O)CCSc1ccccc1F)c1cn[nH]c1. The molecule has 1 aromatic carbocycles. The molecule has 1 amide bonds. The lowest BCUT2D eigenvalue weighted by atomic mass is 10.2. The average Bonchev–Trinajstić information content (AvgIpc) is 2.95. The third kappa shape index (κ3) is 4.09. The molecule has 1 unspecified atom stereocenters. The number of nitrogens with zero attached hydrogens (tertiary/aromatic N) is 1. The number of hydrogen-bond acceptors (Lipinski definition) is 3. The predicted octanol–water partition coefficient (Wildman–Crippen LogP) is 2.91. The monoisotopic (exact) mass is 293 g/mol. The Morgan fingerprint density at radius 2 is 2.30 bits per heavy atom. The summed E-state index contributed by atoms with van der Waals surface area (Å²) < 4.78 is 13.4. The van der Waals surface area contributed by atoms with Gasteiger partial charge in [-0.05, 0) is 19.1 Å². The molecule has 1 atom stereocenters. The molecule has 2 aromatic rings. The summed E-state index contributed by atoms with van der Waals surface area (Å²) >= 11 is 1.35. The number of nitrogens with one attached hydrogen (secondary N) is 2. The fourth-order valence-electron chi connectivity index (χ4n) is 1.71. The Morgan fingerprint density at radius 3 is 3.00 bits per heavy atom. The molecule has 0 aliphatic heterocycles. The maximum Gasteiger partial charge on any atom is 0.221 e. The molecule has 0 saturated carbocycles. The predicted molar refractivity (Wildman–Crippen MR) is 76.9 cm³/mol. The standard InChI is InChI=1S/C14H16FN3OS/c1-10(11-8-16-17-9-11)18-14(19)6-7-20-13-5-3-2-4-12(13)15/h2-5,8-10H,6-7H2,1H3,(H,16,17)(H,18,19). The van der Waals surface area contributed by atoms with Crippen molar-refractivity contribution in [2.75, 3.05) is 5.75 Å². The van der Waals surface area contributed by atoms with Gasteiger partial charge in [-0.2, -0.15) is 5.10 Å². The van der Waals surface area contributed by atoms with Crippen molar-refractivity contribution in [1.82, 2.24) is 15.5 Å². The highest BCUT2D eigenvalue weighted by molar-refractivity contribution is 7.99. The van der Waals surface area contributed by atoms with Crippen molar-refractivity contribution >= 4 is 17.7 Å². The molecule has 6 heteroatoms. The molecule has 0 fully saturated rings. The van der Waals surface area contributed by atoms with Crippen molar-refractivity contribution < 1.29 is 9.18 Å². The Kier molecular flexibility index (Phi) is 5.17. The number of amides is 1. The normalized spacial score (nSPS) is 12.1. The molecule has 2 N–H and O–H groups in total. The first kappa shape index (κ1) is 14.6. The fraction of sp³-hybridized carbons (Fsp3) is 0.286. The van der Waals surface area contributed by atoms with Crippen LogP contribution in [0.3, 0.4) is 0 Å². The molecule has 1 heterocycles. The fourth-order valence-corrected chi connectivity index (χ4v) is 2.60. The number of aromatic nitrogens is 2. The smallest absolute Gasteiger partial charge is 0.221 e. The summed E-state index contributed by atoms with van der Waals surface area (Å²) in [5.74, 6) is 0.248. The van der Waals surface area contributed by atoms with Gasteiger partial charge in [0.1, 0.15) is 5.82 Å². The van der Waals surface area contributed by atoms with Gasteiger partial charge < -0.3 is 5.32 Å². The first-order valence-electron chi connectivity index (χ1n) is 6.32. The van der Waals surface area contributed by atoms with Crippen LogP contribution in [0.4, 0.5) is 4.39 Å². The molecule has 1 aromatic heterocycles. The summed E-state index contributed by atoms with van der Waals surface area (Å²) in [7, 11) is 0. The van der Waals surface area contributed by atoms with E-state index < -0.39 is 0 Å². The van der Waals surface area contributed by atoms with Crippen LogP contribution in [0.25, 0.3) is 0 Å². The van der Waals surface area contributed by atoms with E-state index in [1.807, 2.05) is 6.92 Å². The molecule has 0 radical (unpaired) electrons. The Labute approximate surface area is 121 Å². The van der Waals surface area contributed by atoms with Crippen LogP contribution in [0.5, 0.6) is 0 Å². The molecule has 0 spiro atoms. The van der Waals surface area contributed by atoms with Crippen LogP contribution in [0.1, 0.15) is 24.9 Å². The van der Waals surface area contributed by atoms with Crippen molar-refractivity contribution in [2.24, 2.45) is 0 Å². The van der Waals surface area contributed by atoms with Gasteiger partial charge in [-0.3, -0.25) is 9.89 Å². The van der Waals surface area contributed by atoms with Crippen molar-refractivity contribution in [3.05, 3.63) is 48.0 Å². The third-order valence-corrected chi connectivity index (χ3v) is 3.87. The zero-order valence-corrected chi connectivity index (χ0v) is 11.9. The highest BCUT2D eigenvalue weighted by Crippen LogP contribution is 2.21. The maximum atomic E-state index is 13.4. The van der Waals surface area contributed by atoms with Gasteiger partial charge in [0.2, 0.25) is 5.91 Å². The van der Waals surface area contributed by atoms with Crippen LogP contribution in [0.2, 0.25) is 0 Å². The number of rotatable bonds is 6. The second-order valence-electron chi connectivity index (χ2n) is 4.35. The van der Waals surface area contributed by atoms with Gasteiger partial charge in [0.25, 0.3) is 0 Å². The maximum absolute atomic E-state index is 13.4. The summed E-state index contributed by atoms with van der Waals surface area (Å²) in [4.78, 5) is 12.3. The van der Waals surface area contributed by atoms with E-state index >= 15 is 0 Å². The molecule has 4 nitrogen and oxygen atoms in total. The van der Waals surface area contributed by atoms with E-state index in [0.29, 0.717) is 17.1 Å². The molecule has 0 saturated heterocycles. The molecular weight excluding hydrogens is 277 g/mol. The number of carbonyl (C=O) groups is 1. The van der Waals surface area contributed by atoms with Crippen molar-refractivity contribution in [3.63, 3.8) is 0 Å². The van der Waals surface area contributed by atoms with E-state index in [-0.39, 0.29) is 17.8 Å². The molecule has 20 heavy (non-hydrogen) atoms. The van der Waals surface area contributed by atoms with Gasteiger partial charge in [0.15, 0.2) is 0 Å². The number of H-pyrrole nitrogens is 1. The lowest BCUT2D eigenvalue weighted by Crippen LogP contribution is -2.26. The summed E-state index contributed by atoms with van der Waals surface area (Å²) in [6, 6.07) is 6.49. The van der Waals surface area contributed by atoms with Gasteiger partial charge in [0.05, 0.1) is 12.2 Å². The Balaban J connectivity index is 1.74. The van der Waals surface area contributed by atoms with E-state index in [9.17, 15) is 9.18 Å². The zero-order chi connectivity index (χ0) is 14.4. The van der Waals surface area contributed by atoms with Crippen LogP contribution in [-0.2, 0) is 4.79 Å². The second kappa shape index (κ2) is 7.09. The number of carbonyl (C=O) groups excluding carboxylic acids is 1. The van der Waals surface area contributed by atoms with Crippen molar-refractivity contribution in [2.45, 2.75) is 24.3 Å². The summed E-state index contributed by atoms with van der Waals surface area (Å²) in [6.45, 7) is 1.90. The Morgan fingerprint density at radius 1 is 1.50 bits per heavy atom. The second-order valence-corrected chi connectivity index (χ2v) is 5.49. The number of thioether (sulfide) groups is 1. The van der Waals surface area contributed by atoms with Crippen molar-refractivity contribution in [1.29, 1.82) is 0 Å². The zero-order valence-electron chi connectivity index (χ0n) is 11.1. The third-order valence-electron chi connectivity index (χ3n) is 2.82. The van der Waals surface area contributed by atoms with Gasteiger partial charge in [-0.1, -0.05) is 12.1 Å². The van der Waals surface area contributed by atoms with Gasteiger partial charge in [-0.15, -0.1) is 11.8 Å². The van der Waals surface area contributed by atoms with E-state index in [4.69, 9.17) is 0 Å². The molecular formula is C14H16FN3OS. The molecule has 0 aliphatic rings. The summed E-state index contributed by atoms with van der Waals surface area (Å²) in [6.07, 6.45) is 3.78. The minimum atomic E-state index is -0.246. The lowest BCUT2D eigenvalue weighted by Gasteiger charge is -2.11. The number of benzene rings is 1. The van der Waals surface area contributed by atoms with E-state index in [0.717, 1.165) is 5.56 Å². The molecule has 2 rings (SSSR count). The topological polar surface area (TPSA) is 57.8 Å². The number of halogens is 1. The molecule has 106 valence electrons. The first-order valence-corrected chi connectivity index (χ1v) is 7.30. The van der Waals surface area contributed by atoms with Gasteiger partial charge in [-0.25, -0.2) is 4.39 Å². The lowest BCUT2D eigenvalue weighted by molar-refractivity contribution is -0.121. The van der Waals surface area contributed by atoms with Crippen LogP contribution in [0, 0.1) is 5.82 Å². The van der Waals surface area contributed by atoms with Crippen molar-refractivity contribution in [3.8, 4) is 0 Å².